The number of nitrogens with one attached hydrogen (secondary N) is 1. The lowest BCUT2D eigenvalue weighted by Crippen LogP contribution is -2.32. The van der Waals surface area contributed by atoms with Crippen LogP contribution in [0.15, 0.2) is 18.3 Å². The van der Waals surface area contributed by atoms with Gasteiger partial charge in [0.25, 0.3) is 0 Å². The first-order chi connectivity index (χ1) is 10.1. The fourth-order valence-corrected chi connectivity index (χ4v) is 3.66. The number of hydrogen-bond donors (Lipinski definition) is 1. The zero-order valence-corrected chi connectivity index (χ0v) is 14.2. The summed E-state index contributed by atoms with van der Waals surface area (Å²) in [6.45, 7) is 10.2. The summed E-state index contributed by atoms with van der Waals surface area (Å²) in [5, 5.41) is 3.78. The van der Waals surface area contributed by atoms with E-state index in [1.54, 1.807) is 0 Å². The van der Waals surface area contributed by atoms with Crippen LogP contribution in [0.25, 0.3) is 0 Å². The second-order valence-electron chi connectivity index (χ2n) is 7.08. The van der Waals surface area contributed by atoms with Gasteiger partial charge in [-0.2, -0.15) is 0 Å². The molecule has 1 aromatic rings. The van der Waals surface area contributed by atoms with Gasteiger partial charge in [0.1, 0.15) is 0 Å². The predicted octanol–water partition coefficient (Wildman–Crippen LogP) is 4.89. The molecule has 0 aliphatic heterocycles. The van der Waals surface area contributed by atoms with E-state index in [4.69, 9.17) is 0 Å². The average molecular weight is 288 g/mol. The van der Waals surface area contributed by atoms with Gasteiger partial charge in [0.05, 0.1) is 0 Å². The van der Waals surface area contributed by atoms with Crippen molar-refractivity contribution < 1.29 is 0 Å². The van der Waals surface area contributed by atoms with Gasteiger partial charge in [0.2, 0.25) is 0 Å². The van der Waals surface area contributed by atoms with E-state index in [-0.39, 0.29) is 0 Å². The number of aryl methyl sites for hydroxylation is 1. The summed E-state index contributed by atoms with van der Waals surface area (Å²) in [6.07, 6.45) is 8.78. The average Bonchev–Trinajstić information content (AvgIpc) is 2.50. The van der Waals surface area contributed by atoms with E-state index in [9.17, 15) is 0 Å². The zero-order chi connectivity index (χ0) is 15.2. The van der Waals surface area contributed by atoms with Crippen LogP contribution in [0.1, 0.15) is 70.2 Å². The zero-order valence-electron chi connectivity index (χ0n) is 14.2. The van der Waals surface area contributed by atoms with Crippen LogP contribution < -0.4 is 5.32 Å². The molecule has 1 saturated carbocycles. The Labute approximate surface area is 130 Å². The molecule has 1 atom stereocenters. The molecule has 1 unspecified atom stereocenters. The summed E-state index contributed by atoms with van der Waals surface area (Å²) in [6, 6.07) is 4.91. The Bertz CT molecular complexity index is 402. The van der Waals surface area contributed by atoms with Crippen LogP contribution in [0.5, 0.6) is 0 Å². The summed E-state index contributed by atoms with van der Waals surface area (Å²) < 4.78 is 0. The van der Waals surface area contributed by atoms with Crippen LogP contribution in [0.3, 0.4) is 0 Å². The van der Waals surface area contributed by atoms with Crippen molar-refractivity contribution in [1.29, 1.82) is 0 Å². The van der Waals surface area contributed by atoms with Gasteiger partial charge in [-0.15, -0.1) is 0 Å². The van der Waals surface area contributed by atoms with Crippen LogP contribution >= 0.6 is 0 Å². The number of rotatable bonds is 6. The summed E-state index contributed by atoms with van der Waals surface area (Å²) in [7, 11) is 0. The molecule has 0 spiro atoms. The maximum atomic E-state index is 4.51. The molecule has 2 nitrogen and oxygen atoms in total. The van der Waals surface area contributed by atoms with E-state index in [0.717, 1.165) is 30.0 Å². The summed E-state index contributed by atoms with van der Waals surface area (Å²) in [4.78, 5) is 4.51. The van der Waals surface area contributed by atoms with E-state index in [1.165, 1.54) is 37.7 Å². The maximum absolute atomic E-state index is 4.51. The quantitative estimate of drug-likeness (QED) is 0.806. The highest BCUT2D eigenvalue weighted by molar-refractivity contribution is 5.18. The molecule has 1 aromatic heterocycles. The molecule has 1 N–H and O–H groups in total. The number of hydrogen-bond acceptors (Lipinski definition) is 2. The first kappa shape index (κ1) is 16.5. The highest BCUT2D eigenvalue weighted by Crippen LogP contribution is 2.39. The monoisotopic (exact) mass is 288 g/mol. The van der Waals surface area contributed by atoms with Crippen molar-refractivity contribution in [3.8, 4) is 0 Å². The standard InChI is InChI=1S/C19H32N2/c1-5-12-20-19(18-7-6-15(4)21-13-18)17-10-8-16(9-11-17)14(2)3/h6-7,13-14,16-17,19-20H,5,8-12H2,1-4H3. The second kappa shape index (κ2) is 7.93. The Balaban J connectivity index is 2.04. The molecular weight excluding hydrogens is 256 g/mol. The van der Waals surface area contributed by atoms with Crippen LogP contribution in [-0.4, -0.2) is 11.5 Å². The van der Waals surface area contributed by atoms with Crippen molar-refractivity contribution in [3.05, 3.63) is 29.6 Å². The van der Waals surface area contributed by atoms with E-state index in [0.29, 0.717) is 6.04 Å². The third kappa shape index (κ3) is 4.54. The normalized spacial score (nSPS) is 24.2. The second-order valence-corrected chi connectivity index (χ2v) is 7.08. The SMILES string of the molecule is CCCNC(c1ccc(C)nc1)C1CCC(C(C)C)CC1. The topological polar surface area (TPSA) is 24.9 Å². The van der Waals surface area contributed by atoms with E-state index in [2.05, 4.69) is 56.3 Å². The van der Waals surface area contributed by atoms with Crippen LogP contribution in [0.2, 0.25) is 0 Å². The summed E-state index contributed by atoms with van der Waals surface area (Å²) in [5.41, 5.74) is 2.48. The third-order valence-electron chi connectivity index (χ3n) is 5.14. The van der Waals surface area contributed by atoms with Crippen molar-refractivity contribution in [2.24, 2.45) is 17.8 Å². The van der Waals surface area contributed by atoms with Gasteiger partial charge >= 0.3 is 0 Å². The van der Waals surface area contributed by atoms with Crippen LogP contribution in [0.4, 0.5) is 0 Å². The first-order valence-electron chi connectivity index (χ1n) is 8.77. The van der Waals surface area contributed by atoms with Crippen molar-refractivity contribution in [2.45, 2.75) is 65.8 Å². The Morgan fingerprint density at radius 1 is 1.14 bits per heavy atom. The van der Waals surface area contributed by atoms with Crippen molar-refractivity contribution in [3.63, 3.8) is 0 Å². The highest BCUT2D eigenvalue weighted by Gasteiger charge is 2.29. The van der Waals surface area contributed by atoms with E-state index in [1.807, 2.05) is 0 Å². The minimum atomic E-state index is 0.492. The molecular formula is C19H32N2. The molecule has 118 valence electrons. The smallest absolute Gasteiger partial charge is 0.0372 e. The fraction of sp³-hybridized carbons (Fsp3) is 0.737. The van der Waals surface area contributed by atoms with Gasteiger partial charge in [-0.1, -0.05) is 26.8 Å². The van der Waals surface area contributed by atoms with E-state index >= 15 is 0 Å². The third-order valence-corrected chi connectivity index (χ3v) is 5.14. The molecule has 0 amide bonds. The Kier molecular flexibility index (Phi) is 6.22. The Morgan fingerprint density at radius 3 is 2.33 bits per heavy atom. The van der Waals surface area contributed by atoms with Crippen LogP contribution in [-0.2, 0) is 0 Å². The molecule has 1 fully saturated rings. The van der Waals surface area contributed by atoms with E-state index < -0.39 is 0 Å². The van der Waals surface area contributed by atoms with Crippen molar-refractivity contribution in [1.82, 2.24) is 10.3 Å². The maximum Gasteiger partial charge on any atom is 0.0372 e. The fourth-order valence-electron chi connectivity index (χ4n) is 3.66. The molecule has 0 radical (unpaired) electrons. The molecule has 0 saturated heterocycles. The first-order valence-corrected chi connectivity index (χ1v) is 8.77. The number of nitrogens with zero attached hydrogens (tertiary/aromatic N) is 1. The van der Waals surface area contributed by atoms with Gasteiger partial charge in [0, 0.05) is 17.9 Å². The lowest BCUT2D eigenvalue weighted by atomic mass is 9.73. The van der Waals surface area contributed by atoms with Crippen LogP contribution in [0, 0.1) is 24.7 Å². The number of pyridine rings is 1. The molecule has 0 bridgehead atoms. The Hall–Kier alpha value is -0.890. The van der Waals surface area contributed by atoms with Gasteiger partial charge in [-0.25, -0.2) is 0 Å². The summed E-state index contributed by atoms with van der Waals surface area (Å²) in [5.74, 6) is 2.55. The lowest BCUT2D eigenvalue weighted by molar-refractivity contribution is 0.189. The number of aromatic nitrogens is 1. The minimum absolute atomic E-state index is 0.492. The molecule has 1 aliphatic rings. The predicted molar refractivity (Wildman–Crippen MR) is 90.3 cm³/mol. The summed E-state index contributed by atoms with van der Waals surface area (Å²) >= 11 is 0. The molecule has 1 aliphatic carbocycles. The molecule has 0 aromatic carbocycles. The molecule has 1 heterocycles. The van der Waals surface area contributed by atoms with Gasteiger partial charge in [-0.05, 0) is 75.0 Å². The minimum Gasteiger partial charge on any atom is -0.310 e. The molecule has 21 heavy (non-hydrogen) atoms. The largest absolute Gasteiger partial charge is 0.310 e. The Morgan fingerprint density at radius 2 is 1.81 bits per heavy atom. The van der Waals surface area contributed by atoms with Crippen molar-refractivity contribution in [2.75, 3.05) is 6.54 Å². The highest BCUT2D eigenvalue weighted by atomic mass is 14.9. The van der Waals surface area contributed by atoms with Gasteiger partial charge < -0.3 is 5.32 Å². The molecule has 2 rings (SSSR count). The van der Waals surface area contributed by atoms with Gasteiger partial charge in [-0.3, -0.25) is 4.98 Å². The lowest BCUT2D eigenvalue weighted by Gasteiger charge is -2.36. The van der Waals surface area contributed by atoms with Gasteiger partial charge in [0.15, 0.2) is 0 Å². The van der Waals surface area contributed by atoms with Crippen molar-refractivity contribution >= 4 is 0 Å². The molecule has 2 heteroatoms.